The largest absolute Gasteiger partial charge is 0.463 e. The summed E-state index contributed by atoms with van der Waals surface area (Å²) in [5.41, 5.74) is 0. The first-order valence-electron chi connectivity index (χ1n) is 21.2. The number of unbranched alkanes of at least 4 members (excludes halogenated alkanes) is 20. The number of ether oxygens (including phenoxy) is 2. The molecule has 0 saturated carbocycles. The van der Waals surface area contributed by atoms with Crippen molar-refractivity contribution in [2.45, 2.75) is 212 Å². The summed E-state index contributed by atoms with van der Waals surface area (Å²) in [5, 5.41) is 19.3. The fourth-order valence-electron chi connectivity index (χ4n) is 5.86. The molecule has 0 aromatic heterocycles. The van der Waals surface area contributed by atoms with Crippen LogP contribution in [-0.4, -0.2) is 47.6 Å². The third-order valence-electron chi connectivity index (χ3n) is 9.09. The molecule has 6 nitrogen and oxygen atoms in total. The lowest BCUT2D eigenvalue weighted by molar-refractivity contribution is -0.152. The van der Waals surface area contributed by atoms with Gasteiger partial charge in [0.1, 0.15) is 19.3 Å². The molecule has 2 atom stereocenters. The van der Waals surface area contributed by atoms with Gasteiger partial charge in [0.05, 0.1) is 6.10 Å². The van der Waals surface area contributed by atoms with Crippen LogP contribution in [0.3, 0.4) is 0 Å². The van der Waals surface area contributed by atoms with Crippen molar-refractivity contribution in [3.05, 3.63) is 48.6 Å². The van der Waals surface area contributed by atoms with Crippen LogP contribution < -0.4 is 0 Å². The molecule has 0 unspecified atom stereocenters. The van der Waals surface area contributed by atoms with Crippen molar-refractivity contribution in [3.63, 3.8) is 0 Å². The van der Waals surface area contributed by atoms with Crippen LogP contribution in [0, 0.1) is 0 Å². The SMILES string of the molecule is CCCCCCCCCCCCCCCCCCCCCC(=O)OC[C@@H](O)COC(=O)CCC/C=C\C/C=C\C/C=C\C/C=C\CCC[C@@H](C)O. The molecule has 0 aromatic carbocycles. The number of aliphatic hydroxyl groups is 2. The molecule has 6 heteroatoms. The molecule has 0 fully saturated rings. The third kappa shape index (κ3) is 42.1. The lowest BCUT2D eigenvalue weighted by Crippen LogP contribution is -2.25. The van der Waals surface area contributed by atoms with Gasteiger partial charge in [0.25, 0.3) is 0 Å². The van der Waals surface area contributed by atoms with E-state index in [0.717, 1.165) is 64.2 Å². The molecule has 0 aliphatic heterocycles. The molecule has 51 heavy (non-hydrogen) atoms. The van der Waals surface area contributed by atoms with E-state index >= 15 is 0 Å². The number of allylic oxidation sites excluding steroid dienone is 8. The van der Waals surface area contributed by atoms with E-state index in [2.05, 4.69) is 55.5 Å². The zero-order valence-electron chi connectivity index (χ0n) is 33.2. The van der Waals surface area contributed by atoms with Gasteiger partial charge >= 0.3 is 11.9 Å². The highest BCUT2D eigenvalue weighted by molar-refractivity contribution is 5.69. The topological polar surface area (TPSA) is 93.1 Å². The number of esters is 2. The van der Waals surface area contributed by atoms with Crippen LogP contribution in [0.15, 0.2) is 48.6 Å². The van der Waals surface area contributed by atoms with Gasteiger partial charge in [-0.3, -0.25) is 9.59 Å². The molecular formula is C45H80O6. The summed E-state index contributed by atoms with van der Waals surface area (Å²) in [5.74, 6) is -0.640. The number of rotatable bonds is 38. The Hall–Kier alpha value is -2.18. The minimum absolute atomic E-state index is 0.139. The Morgan fingerprint density at radius 2 is 0.804 bits per heavy atom. The quantitative estimate of drug-likeness (QED) is 0.0375. The summed E-state index contributed by atoms with van der Waals surface area (Å²) < 4.78 is 10.3. The fourth-order valence-corrected chi connectivity index (χ4v) is 5.86. The predicted molar refractivity (Wildman–Crippen MR) is 216 cm³/mol. The van der Waals surface area contributed by atoms with Crippen molar-refractivity contribution in [2.75, 3.05) is 13.2 Å². The highest BCUT2D eigenvalue weighted by Crippen LogP contribution is 2.15. The van der Waals surface area contributed by atoms with Gasteiger partial charge in [0.2, 0.25) is 0 Å². The summed E-state index contributed by atoms with van der Waals surface area (Å²) >= 11 is 0. The highest BCUT2D eigenvalue weighted by Gasteiger charge is 2.12. The van der Waals surface area contributed by atoms with Gasteiger partial charge in [-0.1, -0.05) is 171 Å². The van der Waals surface area contributed by atoms with Crippen LogP contribution in [0.1, 0.15) is 200 Å². The number of hydrogen-bond acceptors (Lipinski definition) is 6. The van der Waals surface area contributed by atoms with Crippen LogP contribution >= 0.6 is 0 Å². The maximum atomic E-state index is 12.0. The van der Waals surface area contributed by atoms with E-state index < -0.39 is 6.10 Å². The molecular weight excluding hydrogens is 636 g/mol. The van der Waals surface area contributed by atoms with E-state index in [9.17, 15) is 19.8 Å². The maximum absolute atomic E-state index is 12.0. The molecule has 296 valence electrons. The third-order valence-corrected chi connectivity index (χ3v) is 9.09. The summed E-state index contributed by atoms with van der Waals surface area (Å²) in [7, 11) is 0. The van der Waals surface area contributed by atoms with E-state index in [4.69, 9.17) is 9.47 Å². The van der Waals surface area contributed by atoms with Gasteiger partial charge in [-0.2, -0.15) is 0 Å². The standard InChI is InChI=1S/C45H80O6/c1-3-4-5-6-7-8-9-10-11-12-13-14-17-20-23-26-29-32-35-38-44(48)50-40-43(47)41-51-45(49)39-36-33-30-27-24-21-18-15-16-19-22-25-28-31-34-37-42(2)46/h16,18-19,21,25,27-28,30,42-43,46-47H,3-15,17,20,22-24,26,29,31-41H2,1-2H3/b19-16-,21-18-,28-25-,30-27-/t42-,43-/m1/s1. The van der Waals surface area contributed by atoms with E-state index in [1.165, 1.54) is 103 Å². The van der Waals surface area contributed by atoms with Crippen molar-refractivity contribution in [3.8, 4) is 0 Å². The molecule has 0 heterocycles. The van der Waals surface area contributed by atoms with Crippen LogP contribution in [0.4, 0.5) is 0 Å². The zero-order chi connectivity index (χ0) is 37.3. The van der Waals surface area contributed by atoms with Crippen molar-refractivity contribution < 1.29 is 29.3 Å². The van der Waals surface area contributed by atoms with Gasteiger partial charge in [0, 0.05) is 12.8 Å². The smallest absolute Gasteiger partial charge is 0.305 e. The van der Waals surface area contributed by atoms with Gasteiger partial charge in [-0.05, 0) is 64.7 Å². The van der Waals surface area contributed by atoms with E-state index in [1.54, 1.807) is 0 Å². The Labute approximate surface area is 314 Å². The molecule has 0 aromatic rings. The van der Waals surface area contributed by atoms with Crippen LogP contribution in [0.5, 0.6) is 0 Å². The molecule has 0 saturated heterocycles. The average molecular weight is 717 g/mol. The van der Waals surface area contributed by atoms with Crippen molar-refractivity contribution in [1.82, 2.24) is 0 Å². The van der Waals surface area contributed by atoms with Crippen LogP contribution in [-0.2, 0) is 19.1 Å². The zero-order valence-corrected chi connectivity index (χ0v) is 33.2. The second kappa shape index (κ2) is 40.6. The van der Waals surface area contributed by atoms with Crippen molar-refractivity contribution in [1.29, 1.82) is 0 Å². The predicted octanol–water partition coefficient (Wildman–Crippen LogP) is 12.4. The van der Waals surface area contributed by atoms with E-state index in [0.29, 0.717) is 19.3 Å². The van der Waals surface area contributed by atoms with Crippen molar-refractivity contribution >= 4 is 11.9 Å². The van der Waals surface area contributed by atoms with Crippen molar-refractivity contribution in [2.24, 2.45) is 0 Å². The second-order valence-electron chi connectivity index (χ2n) is 14.4. The molecule has 0 aliphatic carbocycles. The lowest BCUT2D eigenvalue weighted by atomic mass is 10.0. The van der Waals surface area contributed by atoms with Crippen LogP contribution in [0.2, 0.25) is 0 Å². The number of aliphatic hydroxyl groups excluding tert-OH is 2. The lowest BCUT2D eigenvalue weighted by Gasteiger charge is -2.12. The summed E-state index contributed by atoms with van der Waals surface area (Å²) in [4.78, 5) is 24.0. The Morgan fingerprint density at radius 3 is 1.20 bits per heavy atom. The second-order valence-corrected chi connectivity index (χ2v) is 14.4. The Bertz CT molecular complexity index is 874. The number of carbonyl (C=O) groups excluding carboxylic acids is 2. The summed E-state index contributed by atoms with van der Waals surface area (Å²) in [6.45, 7) is 3.82. The van der Waals surface area contributed by atoms with E-state index in [1.807, 2.05) is 6.92 Å². The Balaban J connectivity index is 3.50. The fraction of sp³-hybridized carbons (Fsp3) is 0.778. The highest BCUT2D eigenvalue weighted by atomic mass is 16.6. The summed E-state index contributed by atoms with van der Waals surface area (Å²) in [6, 6.07) is 0. The first-order chi connectivity index (χ1) is 25.0. The molecule has 0 spiro atoms. The minimum Gasteiger partial charge on any atom is -0.463 e. The summed E-state index contributed by atoms with van der Waals surface area (Å²) in [6.07, 6.45) is 48.8. The molecule has 0 rings (SSSR count). The number of hydrogen-bond donors (Lipinski definition) is 2. The normalized spacial score (nSPS) is 13.3. The Kier molecular flexibility index (Phi) is 38.9. The van der Waals surface area contributed by atoms with Gasteiger partial charge in [0.15, 0.2) is 0 Å². The van der Waals surface area contributed by atoms with Gasteiger partial charge in [-0.15, -0.1) is 0 Å². The first-order valence-corrected chi connectivity index (χ1v) is 21.2. The monoisotopic (exact) mass is 717 g/mol. The Morgan fingerprint density at radius 1 is 0.471 bits per heavy atom. The molecule has 0 radical (unpaired) electrons. The maximum Gasteiger partial charge on any atom is 0.305 e. The molecule has 2 N–H and O–H groups in total. The first kappa shape index (κ1) is 48.8. The van der Waals surface area contributed by atoms with Crippen LogP contribution in [0.25, 0.3) is 0 Å². The molecule has 0 aliphatic rings. The van der Waals surface area contributed by atoms with Gasteiger partial charge < -0.3 is 19.7 Å². The average Bonchev–Trinajstić information content (AvgIpc) is 3.11. The molecule has 0 amide bonds. The minimum atomic E-state index is -0.993. The molecule has 0 bridgehead atoms. The van der Waals surface area contributed by atoms with Gasteiger partial charge in [-0.25, -0.2) is 0 Å². The van der Waals surface area contributed by atoms with E-state index in [-0.39, 0.29) is 31.3 Å². The number of carbonyl (C=O) groups is 2.